The first-order chi connectivity index (χ1) is 12.7. The number of imidazole rings is 1. The average Bonchev–Trinajstić information content (AvgIpc) is 3.10. The molecule has 1 fully saturated rings. The molecule has 1 aliphatic rings. The van der Waals surface area contributed by atoms with Crippen molar-refractivity contribution in [3.63, 3.8) is 0 Å². The Morgan fingerprint density at radius 2 is 2.08 bits per heavy atom. The first kappa shape index (κ1) is 16.8. The maximum absolute atomic E-state index is 12.4. The first-order valence-electron chi connectivity index (χ1n) is 9.21. The monoisotopic (exact) mass is 352 g/mol. The van der Waals surface area contributed by atoms with Crippen molar-refractivity contribution in [3.8, 4) is 0 Å². The van der Waals surface area contributed by atoms with Gasteiger partial charge in [-0.2, -0.15) is 0 Å². The summed E-state index contributed by atoms with van der Waals surface area (Å²) in [5.74, 6) is 0.577. The smallest absolute Gasteiger partial charge is 0.293 e. The van der Waals surface area contributed by atoms with Crippen LogP contribution in [0.15, 0.2) is 47.8 Å². The third kappa shape index (κ3) is 3.35. The Morgan fingerprint density at radius 1 is 1.23 bits per heavy atom. The number of fused-ring (bicyclic) bond motifs is 1. The lowest BCUT2D eigenvalue weighted by Crippen LogP contribution is -2.44. The second kappa shape index (κ2) is 7.29. The van der Waals surface area contributed by atoms with Gasteiger partial charge in [0.15, 0.2) is 5.82 Å². The Hall–Kier alpha value is -2.67. The number of pyridine rings is 1. The van der Waals surface area contributed by atoms with E-state index in [4.69, 9.17) is 0 Å². The summed E-state index contributed by atoms with van der Waals surface area (Å²) < 4.78 is 3.75. The van der Waals surface area contributed by atoms with Crippen LogP contribution in [0.4, 0.5) is 5.82 Å². The van der Waals surface area contributed by atoms with Gasteiger partial charge in [-0.1, -0.05) is 6.07 Å². The normalized spacial score (nSPS) is 15.7. The van der Waals surface area contributed by atoms with E-state index in [-0.39, 0.29) is 5.56 Å². The highest BCUT2D eigenvalue weighted by Crippen LogP contribution is 2.15. The molecule has 0 atom stereocenters. The molecule has 7 heteroatoms. The van der Waals surface area contributed by atoms with Crippen LogP contribution in [0, 0.1) is 0 Å². The Bertz CT molecular complexity index is 905. The molecular weight excluding hydrogens is 328 g/mol. The van der Waals surface area contributed by atoms with Crippen molar-refractivity contribution in [2.45, 2.75) is 38.9 Å². The van der Waals surface area contributed by atoms with Crippen LogP contribution in [-0.2, 0) is 13.1 Å². The molecule has 0 amide bonds. The van der Waals surface area contributed by atoms with E-state index in [1.807, 2.05) is 35.7 Å². The highest BCUT2D eigenvalue weighted by atomic mass is 16.1. The van der Waals surface area contributed by atoms with Crippen LogP contribution in [0.1, 0.15) is 25.5 Å². The lowest BCUT2D eigenvalue weighted by atomic mass is 10.1. The van der Waals surface area contributed by atoms with Gasteiger partial charge in [0.2, 0.25) is 0 Å². The quantitative estimate of drug-likeness (QED) is 0.757. The summed E-state index contributed by atoms with van der Waals surface area (Å²) in [6.45, 7) is 5.10. The summed E-state index contributed by atoms with van der Waals surface area (Å²) in [4.78, 5) is 23.5. The van der Waals surface area contributed by atoms with Crippen LogP contribution in [-0.4, -0.2) is 38.1 Å². The lowest BCUT2D eigenvalue weighted by Gasteiger charge is -2.32. The predicted octanol–water partition coefficient (Wildman–Crippen LogP) is 1.67. The minimum atomic E-state index is 0.00566. The summed E-state index contributed by atoms with van der Waals surface area (Å²) >= 11 is 0. The topological polar surface area (TPSA) is 67.5 Å². The SMILES string of the molecule is CCn1ccnc(N2CCC(NCc3cn4ccccc4n3)CC2)c1=O. The number of aromatic nitrogens is 4. The van der Waals surface area contributed by atoms with E-state index in [9.17, 15) is 4.79 Å². The van der Waals surface area contributed by atoms with Crippen molar-refractivity contribution < 1.29 is 0 Å². The van der Waals surface area contributed by atoms with Gasteiger partial charge in [-0.25, -0.2) is 9.97 Å². The molecule has 0 spiro atoms. The summed E-state index contributed by atoms with van der Waals surface area (Å²) in [6, 6.07) is 6.46. The second-order valence-corrected chi connectivity index (χ2v) is 6.68. The van der Waals surface area contributed by atoms with E-state index >= 15 is 0 Å². The standard InChI is InChI=1S/C19H24N6O/c1-2-23-12-8-20-18(19(23)26)24-10-6-15(7-11-24)21-13-16-14-25-9-4-3-5-17(25)22-16/h3-5,8-9,12,14-15,21H,2,6-7,10-11,13H2,1H3. The molecule has 0 bridgehead atoms. The molecule has 26 heavy (non-hydrogen) atoms. The number of rotatable bonds is 5. The third-order valence-electron chi connectivity index (χ3n) is 5.02. The summed E-state index contributed by atoms with van der Waals surface area (Å²) in [5.41, 5.74) is 2.03. The minimum absolute atomic E-state index is 0.00566. The molecule has 0 aromatic carbocycles. The zero-order valence-corrected chi connectivity index (χ0v) is 15.0. The fraction of sp³-hybridized carbons (Fsp3) is 0.421. The van der Waals surface area contributed by atoms with Crippen molar-refractivity contribution >= 4 is 11.5 Å². The van der Waals surface area contributed by atoms with Gasteiger partial charge < -0.3 is 19.2 Å². The maximum Gasteiger partial charge on any atom is 0.293 e. The Labute approximate surface area is 152 Å². The van der Waals surface area contributed by atoms with Gasteiger partial charge in [0.1, 0.15) is 5.65 Å². The van der Waals surface area contributed by atoms with Gasteiger partial charge in [0, 0.05) is 57.0 Å². The van der Waals surface area contributed by atoms with Gasteiger partial charge in [-0.15, -0.1) is 0 Å². The molecule has 136 valence electrons. The summed E-state index contributed by atoms with van der Waals surface area (Å²) in [7, 11) is 0. The highest BCUT2D eigenvalue weighted by Gasteiger charge is 2.22. The van der Waals surface area contributed by atoms with Crippen LogP contribution in [0.5, 0.6) is 0 Å². The van der Waals surface area contributed by atoms with E-state index < -0.39 is 0 Å². The first-order valence-corrected chi connectivity index (χ1v) is 9.21. The largest absolute Gasteiger partial charge is 0.352 e. The zero-order valence-electron chi connectivity index (χ0n) is 15.0. The molecule has 0 saturated carbocycles. The van der Waals surface area contributed by atoms with Crippen molar-refractivity contribution in [1.82, 2.24) is 24.3 Å². The lowest BCUT2D eigenvalue weighted by molar-refractivity contribution is 0.410. The van der Waals surface area contributed by atoms with E-state index in [2.05, 4.69) is 26.4 Å². The summed E-state index contributed by atoms with van der Waals surface area (Å²) in [5, 5.41) is 3.60. The molecule has 3 aromatic rings. The van der Waals surface area contributed by atoms with E-state index in [0.29, 0.717) is 18.4 Å². The van der Waals surface area contributed by atoms with Gasteiger partial charge in [0.05, 0.1) is 5.69 Å². The van der Waals surface area contributed by atoms with Gasteiger partial charge in [-0.3, -0.25) is 4.79 Å². The van der Waals surface area contributed by atoms with Crippen LogP contribution in [0.25, 0.3) is 5.65 Å². The number of nitrogens with zero attached hydrogens (tertiary/aromatic N) is 5. The van der Waals surface area contributed by atoms with E-state index in [1.54, 1.807) is 17.0 Å². The number of anilines is 1. The minimum Gasteiger partial charge on any atom is -0.352 e. The van der Waals surface area contributed by atoms with Crippen LogP contribution in [0.2, 0.25) is 0 Å². The molecule has 0 unspecified atom stereocenters. The number of piperidine rings is 1. The maximum atomic E-state index is 12.4. The molecule has 1 saturated heterocycles. The number of nitrogens with one attached hydrogen (secondary N) is 1. The second-order valence-electron chi connectivity index (χ2n) is 6.68. The van der Waals surface area contributed by atoms with Gasteiger partial charge in [-0.05, 0) is 31.9 Å². The Morgan fingerprint density at radius 3 is 2.85 bits per heavy atom. The Kier molecular flexibility index (Phi) is 4.71. The van der Waals surface area contributed by atoms with Crippen LogP contribution < -0.4 is 15.8 Å². The molecule has 0 aliphatic carbocycles. The Balaban J connectivity index is 1.34. The molecule has 4 heterocycles. The van der Waals surface area contributed by atoms with Gasteiger partial charge in [0.25, 0.3) is 5.56 Å². The van der Waals surface area contributed by atoms with Crippen LogP contribution >= 0.6 is 0 Å². The zero-order chi connectivity index (χ0) is 17.9. The molecule has 0 radical (unpaired) electrons. The van der Waals surface area contributed by atoms with Crippen molar-refractivity contribution in [2.75, 3.05) is 18.0 Å². The van der Waals surface area contributed by atoms with E-state index in [1.165, 1.54) is 0 Å². The third-order valence-corrected chi connectivity index (χ3v) is 5.02. The summed E-state index contributed by atoms with van der Waals surface area (Å²) in [6.07, 6.45) is 9.53. The van der Waals surface area contributed by atoms with Crippen molar-refractivity contribution in [2.24, 2.45) is 0 Å². The average molecular weight is 352 g/mol. The molecule has 1 N–H and O–H groups in total. The molecule has 1 aliphatic heterocycles. The van der Waals surface area contributed by atoms with Crippen molar-refractivity contribution in [1.29, 1.82) is 0 Å². The van der Waals surface area contributed by atoms with Crippen LogP contribution in [0.3, 0.4) is 0 Å². The number of hydrogen-bond donors (Lipinski definition) is 1. The van der Waals surface area contributed by atoms with E-state index in [0.717, 1.165) is 43.8 Å². The molecule has 3 aromatic heterocycles. The number of hydrogen-bond acceptors (Lipinski definition) is 5. The molecule has 4 rings (SSSR count). The predicted molar refractivity (Wildman–Crippen MR) is 101 cm³/mol. The molecular formula is C19H24N6O. The molecule has 7 nitrogen and oxygen atoms in total. The fourth-order valence-electron chi connectivity index (χ4n) is 3.52. The van der Waals surface area contributed by atoms with Gasteiger partial charge >= 0.3 is 0 Å². The van der Waals surface area contributed by atoms with Crippen molar-refractivity contribution in [3.05, 3.63) is 59.0 Å². The highest BCUT2D eigenvalue weighted by molar-refractivity contribution is 5.39. The number of aryl methyl sites for hydroxylation is 1. The fourth-order valence-corrected chi connectivity index (χ4v) is 3.52.